The number of hydrogen-bond acceptors (Lipinski definition) is 7. The minimum atomic E-state index is -4.49. The van der Waals surface area contributed by atoms with Crippen LogP contribution in [-0.2, 0) is 16.6 Å². The highest BCUT2D eigenvalue weighted by Crippen LogP contribution is 2.31. The Hall–Kier alpha value is -3.44. The zero-order valence-electron chi connectivity index (χ0n) is 20.5. The van der Waals surface area contributed by atoms with E-state index in [0.717, 1.165) is 4.57 Å². The van der Waals surface area contributed by atoms with Crippen molar-refractivity contribution in [3.8, 4) is 17.6 Å². The summed E-state index contributed by atoms with van der Waals surface area (Å²) in [5.41, 5.74) is 1.47. The van der Waals surface area contributed by atoms with Gasteiger partial charge >= 0.3 is 6.18 Å². The highest BCUT2D eigenvalue weighted by Gasteiger charge is 2.30. The van der Waals surface area contributed by atoms with Gasteiger partial charge in [-0.05, 0) is 49.1 Å². The van der Waals surface area contributed by atoms with Crippen molar-refractivity contribution in [3.05, 3.63) is 48.2 Å². The van der Waals surface area contributed by atoms with E-state index in [1.165, 1.54) is 25.3 Å². The normalized spacial score (nSPS) is 11.9. The van der Waals surface area contributed by atoms with Crippen LogP contribution in [0.15, 0.2) is 47.4 Å². The molecule has 0 aliphatic carbocycles. The number of nitrogens with one attached hydrogen (secondary N) is 2. The van der Waals surface area contributed by atoms with E-state index >= 15 is 0 Å². The third kappa shape index (κ3) is 7.55. The molecule has 206 valence electrons. The van der Waals surface area contributed by atoms with Crippen molar-refractivity contribution in [2.75, 3.05) is 37.5 Å². The molecular weight excluding hydrogens is 525 g/mol. The van der Waals surface area contributed by atoms with Crippen LogP contribution in [0.5, 0.6) is 5.75 Å². The van der Waals surface area contributed by atoms with Crippen LogP contribution in [0.3, 0.4) is 0 Å². The van der Waals surface area contributed by atoms with E-state index in [1.54, 1.807) is 24.3 Å². The molecule has 1 heterocycles. The molecule has 38 heavy (non-hydrogen) atoms. The van der Waals surface area contributed by atoms with Crippen LogP contribution in [0.25, 0.3) is 10.9 Å². The SMILES string of the molecule is COc1cc(S(N)(=O)=O)ccc1NCC#Cc1cc2c(NC(CCO)CCO)cccc2n1CC(F)(F)F. The Morgan fingerprint density at radius 3 is 2.42 bits per heavy atom. The van der Waals surface area contributed by atoms with Crippen LogP contribution >= 0.6 is 0 Å². The van der Waals surface area contributed by atoms with Crippen LogP contribution in [0.2, 0.25) is 0 Å². The number of ether oxygens (including phenoxy) is 1. The molecule has 0 bridgehead atoms. The Kier molecular flexibility index (Phi) is 9.50. The summed E-state index contributed by atoms with van der Waals surface area (Å²) in [5.74, 6) is 5.79. The van der Waals surface area contributed by atoms with Gasteiger partial charge in [-0.25, -0.2) is 13.6 Å². The van der Waals surface area contributed by atoms with Crippen molar-refractivity contribution >= 4 is 32.3 Å². The van der Waals surface area contributed by atoms with Crippen molar-refractivity contribution in [1.29, 1.82) is 0 Å². The second-order valence-electron chi connectivity index (χ2n) is 8.40. The summed E-state index contributed by atoms with van der Waals surface area (Å²) < 4.78 is 69.7. The lowest BCUT2D eigenvalue weighted by Gasteiger charge is -2.19. The fraction of sp³-hybridized carbons (Fsp3) is 0.360. The fourth-order valence-corrected chi connectivity index (χ4v) is 4.48. The maximum Gasteiger partial charge on any atom is 0.406 e. The number of nitrogens with two attached hydrogens (primary N) is 1. The van der Waals surface area contributed by atoms with Gasteiger partial charge in [0.1, 0.15) is 12.3 Å². The second-order valence-corrected chi connectivity index (χ2v) is 9.96. The van der Waals surface area contributed by atoms with Gasteiger partial charge in [-0.3, -0.25) is 0 Å². The van der Waals surface area contributed by atoms with E-state index in [-0.39, 0.29) is 42.1 Å². The lowest BCUT2D eigenvalue weighted by Crippen LogP contribution is -2.22. The van der Waals surface area contributed by atoms with Crippen LogP contribution in [-0.4, -0.2) is 62.3 Å². The maximum atomic E-state index is 13.4. The standard InChI is InChI=1S/C25H29F3N4O5S/c1-37-24-15-19(38(29,35)36)7-8-22(24)30-11-3-4-18-14-20-21(31-17(9-12-33)10-13-34)5-2-6-23(20)32(18)16-25(26,27)28/h2,5-8,14-15,17,30-31,33-34H,9-13,16H2,1H3,(H2,29,35,36). The number of alkyl halides is 3. The van der Waals surface area contributed by atoms with Gasteiger partial charge in [0.15, 0.2) is 0 Å². The van der Waals surface area contributed by atoms with Gasteiger partial charge in [0.25, 0.3) is 0 Å². The first-order valence-corrected chi connectivity index (χ1v) is 13.1. The predicted molar refractivity (Wildman–Crippen MR) is 139 cm³/mol. The topological polar surface area (TPSA) is 139 Å². The average molecular weight is 555 g/mol. The summed E-state index contributed by atoms with van der Waals surface area (Å²) in [5, 5.41) is 30.4. The molecule has 2 aromatic carbocycles. The monoisotopic (exact) mass is 554 g/mol. The molecule has 0 amide bonds. The van der Waals surface area contributed by atoms with E-state index < -0.39 is 22.7 Å². The first-order chi connectivity index (χ1) is 18.0. The highest BCUT2D eigenvalue weighted by atomic mass is 32.2. The molecule has 0 radical (unpaired) electrons. The van der Waals surface area contributed by atoms with Crippen molar-refractivity contribution in [2.45, 2.75) is 36.5 Å². The average Bonchev–Trinajstić information content (AvgIpc) is 3.18. The molecule has 6 N–H and O–H groups in total. The van der Waals surface area contributed by atoms with Gasteiger partial charge in [0.05, 0.1) is 35.4 Å². The van der Waals surface area contributed by atoms with E-state index in [0.29, 0.717) is 35.1 Å². The van der Waals surface area contributed by atoms with E-state index in [9.17, 15) is 31.8 Å². The number of nitrogens with zero attached hydrogens (tertiary/aromatic N) is 1. The van der Waals surface area contributed by atoms with E-state index in [2.05, 4.69) is 22.5 Å². The molecule has 0 aliphatic rings. The number of fused-ring (bicyclic) bond motifs is 1. The molecule has 0 fully saturated rings. The highest BCUT2D eigenvalue weighted by molar-refractivity contribution is 7.89. The number of sulfonamides is 1. The van der Waals surface area contributed by atoms with Crippen LogP contribution in [0, 0.1) is 11.8 Å². The molecule has 0 saturated carbocycles. The van der Waals surface area contributed by atoms with Crippen LogP contribution < -0.4 is 20.5 Å². The second kappa shape index (κ2) is 12.4. The molecule has 0 spiro atoms. The third-order valence-corrected chi connectivity index (χ3v) is 6.59. The zero-order chi connectivity index (χ0) is 27.9. The first-order valence-electron chi connectivity index (χ1n) is 11.6. The Bertz CT molecular complexity index is 1420. The van der Waals surface area contributed by atoms with Gasteiger partial charge in [0.2, 0.25) is 10.0 Å². The Morgan fingerprint density at radius 2 is 1.82 bits per heavy atom. The summed E-state index contributed by atoms with van der Waals surface area (Å²) in [7, 11) is -2.57. The molecule has 13 heteroatoms. The minimum absolute atomic E-state index is 0.0266. The number of rotatable bonds is 11. The molecule has 1 aromatic heterocycles. The zero-order valence-corrected chi connectivity index (χ0v) is 21.4. The van der Waals surface area contributed by atoms with Crippen molar-refractivity contribution in [3.63, 3.8) is 0 Å². The lowest BCUT2D eigenvalue weighted by atomic mass is 10.1. The molecule has 0 aliphatic heterocycles. The summed E-state index contributed by atoms with van der Waals surface area (Å²) >= 11 is 0. The van der Waals surface area contributed by atoms with Crippen LogP contribution in [0.4, 0.5) is 24.5 Å². The predicted octanol–water partition coefficient (Wildman–Crippen LogP) is 2.87. The van der Waals surface area contributed by atoms with Crippen molar-refractivity contribution in [2.24, 2.45) is 5.14 Å². The number of primary sulfonamides is 1. The molecule has 0 unspecified atom stereocenters. The number of anilines is 2. The quantitative estimate of drug-likeness (QED) is 0.230. The van der Waals surface area contributed by atoms with Gasteiger partial charge in [0, 0.05) is 36.4 Å². The van der Waals surface area contributed by atoms with E-state index in [4.69, 9.17) is 9.88 Å². The van der Waals surface area contributed by atoms with Gasteiger partial charge in [-0.2, -0.15) is 13.2 Å². The van der Waals surface area contributed by atoms with Gasteiger partial charge in [-0.1, -0.05) is 12.0 Å². The van der Waals surface area contributed by atoms with Crippen molar-refractivity contribution < 1.29 is 36.5 Å². The van der Waals surface area contributed by atoms with Gasteiger partial charge < -0.3 is 30.2 Å². The Balaban J connectivity index is 1.92. The molecule has 9 nitrogen and oxygen atoms in total. The largest absolute Gasteiger partial charge is 0.495 e. The summed E-state index contributed by atoms with van der Waals surface area (Å²) in [6.07, 6.45) is -3.76. The molecule has 0 saturated heterocycles. The van der Waals surface area contributed by atoms with E-state index in [1.807, 2.05) is 0 Å². The smallest absolute Gasteiger partial charge is 0.406 e. The first kappa shape index (κ1) is 29.1. The minimum Gasteiger partial charge on any atom is -0.495 e. The number of hydrogen-bond donors (Lipinski definition) is 5. The maximum absolute atomic E-state index is 13.4. The third-order valence-electron chi connectivity index (χ3n) is 5.68. The molecule has 3 aromatic rings. The Labute approximate surface area is 218 Å². The summed E-state index contributed by atoms with van der Waals surface area (Å²) in [6.45, 7) is -1.43. The number of aliphatic hydroxyl groups excluding tert-OH is 2. The Morgan fingerprint density at radius 1 is 1.11 bits per heavy atom. The molecule has 0 atom stereocenters. The number of benzene rings is 2. The number of halogens is 3. The summed E-state index contributed by atoms with van der Waals surface area (Å²) in [4.78, 5) is -0.132. The lowest BCUT2D eigenvalue weighted by molar-refractivity contribution is -0.140. The molecular formula is C25H29F3N4O5S. The summed E-state index contributed by atoms with van der Waals surface area (Å²) in [6, 6.07) is 10.2. The number of aliphatic hydroxyl groups is 2. The number of methoxy groups -OCH3 is 1. The van der Waals surface area contributed by atoms with Crippen LogP contribution in [0.1, 0.15) is 18.5 Å². The number of aromatic nitrogens is 1. The molecule has 3 rings (SSSR count). The van der Waals surface area contributed by atoms with Crippen molar-refractivity contribution in [1.82, 2.24) is 4.57 Å². The van der Waals surface area contributed by atoms with Gasteiger partial charge in [-0.15, -0.1) is 0 Å². The fourth-order valence-electron chi connectivity index (χ4n) is 3.95.